The first kappa shape index (κ1) is 14.7. The third-order valence-corrected chi connectivity index (χ3v) is 4.47. The van der Waals surface area contributed by atoms with Gasteiger partial charge in [-0.25, -0.2) is 4.98 Å². The lowest BCUT2D eigenvalue weighted by Crippen LogP contribution is -2.29. The summed E-state index contributed by atoms with van der Waals surface area (Å²) in [6.07, 6.45) is 7.19. The lowest BCUT2D eigenvalue weighted by Gasteiger charge is -2.27. The number of hydrogen-bond donors (Lipinski definition) is 0. The molecule has 0 atom stereocenters. The Bertz CT molecular complexity index is 931. The van der Waals surface area contributed by atoms with Crippen LogP contribution in [-0.4, -0.2) is 27.4 Å². The molecule has 3 heterocycles. The highest BCUT2D eigenvalue weighted by molar-refractivity contribution is 5.67. The maximum Gasteiger partial charge on any atom is 0.137 e. The van der Waals surface area contributed by atoms with E-state index in [0.717, 1.165) is 37.4 Å². The zero-order valence-electron chi connectivity index (χ0n) is 13.4. The van der Waals surface area contributed by atoms with Crippen molar-refractivity contribution >= 4 is 11.2 Å². The fourth-order valence-corrected chi connectivity index (χ4v) is 3.25. The van der Waals surface area contributed by atoms with Gasteiger partial charge in [0.15, 0.2) is 0 Å². The third kappa shape index (κ3) is 2.82. The third-order valence-electron chi connectivity index (χ3n) is 4.47. The molecule has 0 radical (unpaired) electrons. The van der Waals surface area contributed by atoms with Gasteiger partial charge in [-0.2, -0.15) is 5.26 Å². The van der Waals surface area contributed by atoms with Gasteiger partial charge in [-0.15, -0.1) is 0 Å². The molecule has 118 valence electrons. The summed E-state index contributed by atoms with van der Waals surface area (Å²) in [7, 11) is 0. The normalized spacial score (nSPS) is 15.2. The second-order valence-corrected chi connectivity index (χ2v) is 6.10. The van der Waals surface area contributed by atoms with Crippen LogP contribution in [0.1, 0.15) is 23.2 Å². The molecule has 0 N–H and O–H groups in total. The minimum atomic E-state index is 0.658. The maximum atomic E-state index is 9.11. The summed E-state index contributed by atoms with van der Waals surface area (Å²) in [5.74, 6) is 0. The first-order valence-electron chi connectivity index (χ1n) is 8.16. The minimum absolute atomic E-state index is 0.658. The van der Waals surface area contributed by atoms with Crippen molar-refractivity contribution in [2.24, 2.45) is 0 Å². The van der Waals surface area contributed by atoms with E-state index in [-0.39, 0.29) is 0 Å². The molecule has 0 aliphatic carbocycles. The van der Waals surface area contributed by atoms with Gasteiger partial charge in [0, 0.05) is 25.8 Å². The van der Waals surface area contributed by atoms with Crippen LogP contribution in [0.25, 0.3) is 11.2 Å². The van der Waals surface area contributed by atoms with Crippen molar-refractivity contribution in [3.05, 3.63) is 77.8 Å². The van der Waals surface area contributed by atoms with Crippen LogP contribution in [0.2, 0.25) is 0 Å². The maximum absolute atomic E-state index is 9.11. The summed E-state index contributed by atoms with van der Waals surface area (Å²) in [4.78, 5) is 6.88. The number of pyridine rings is 1. The molecule has 0 amide bonds. The molecule has 0 bridgehead atoms. The van der Waals surface area contributed by atoms with E-state index in [1.807, 2.05) is 28.9 Å². The van der Waals surface area contributed by atoms with Gasteiger partial charge >= 0.3 is 0 Å². The van der Waals surface area contributed by atoms with Gasteiger partial charge in [0.1, 0.15) is 11.7 Å². The fraction of sp³-hybridized carbons (Fsp3) is 0.200. The molecule has 0 saturated heterocycles. The van der Waals surface area contributed by atoms with Crippen molar-refractivity contribution in [1.29, 1.82) is 5.26 Å². The van der Waals surface area contributed by atoms with Crippen molar-refractivity contribution in [3.63, 3.8) is 0 Å². The average molecular weight is 314 g/mol. The quantitative estimate of drug-likeness (QED) is 0.743. The summed E-state index contributed by atoms with van der Waals surface area (Å²) in [5.41, 5.74) is 5.35. The number of nitriles is 1. The summed E-state index contributed by atoms with van der Waals surface area (Å²) >= 11 is 0. The molecule has 4 nitrogen and oxygen atoms in total. The van der Waals surface area contributed by atoms with Crippen LogP contribution in [0.4, 0.5) is 0 Å². The van der Waals surface area contributed by atoms with Crippen LogP contribution in [0, 0.1) is 11.3 Å². The number of nitrogens with zero attached hydrogens (tertiary/aromatic N) is 4. The Hall–Kier alpha value is -2.90. The van der Waals surface area contributed by atoms with Crippen molar-refractivity contribution in [2.45, 2.75) is 13.0 Å². The van der Waals surface area contributed by atoms with Crippen LogP contribution in [0.5, 0.6) is 0 Å². The van der Waals surface area contributed by atoms with Gasteiger partial charge in [0.05, 0.1) is 17.5 Å². The highest BCUT2D eigenvalue weighted by Crippen LogP contribution is 2.22. The Labute approximate surface area is 141 Å². The molecule has 0 unspecified atom stereocenters. The van der Waals surface area contributed by atoms with Crippen LogP contribution in [-0.2, 0) is 6.54 Å². The van der Waals surface area contributed by atoms with Gasteiger partial charge < -0.3 is 4.40 Å². The predicted octanol–water partition coefficient (Wildman–Crippen LogP) is 3.50. The zero-order chi connectivity index (χ0) is 16.4. The lowest BCUT2D eigenvalue weighted by atomic mass is 10.0. The molecular weight excluding hydrogens is 296 g/mol. The second-order valence-electron chi connectivity index (χ2n) is 6.10. The van der Waals surface area contributed by atoms with E-state index < -0.39 is 0 Å². The van der Waals surface area contributed by atoms with Crippen LogP contribution < -0.4 is 0 Å². The minimum Gasteiger partial charge on any atom is -0.301 e. The Kier molecular flexibility index (Phi) is 3.86. The summed E-state index contributed by atoms with van der Waals surface area (Å²) < 4.78 is 2.03. The molecule has 1 aliphatic rings. The van der Waals surface area contributed by atoms with Gasteiger partial charge in [-0.05, 0) is 29.7 Å². The molecule has 0 fully saturated rings. The van der Waals surface area contributed by atoms with Crippen LogP contribution >= 0.6 is 0 Å². The van der Waals surface area contributed by atoms with E-state index in [0.29, 0.717) is 5.56 Å². The molecule has 1 aromatic carbocycles. The highest BCUT2D eigenvalue weighted by atomic mass is 15.1. The summed E-state index contributed by atoms with van der Waals surface area (Å²) in [5, 5.41) is 9.11. The second kappa shape index (κ2) is 6.31. The molecule has 3 aromatic rings. The number of rotatable bonds is 3. The molecule has 2 aromatic heterocycles. The van der Waals surface area contributed by atoms with Crippen molar-refractivity contribution in [3.8, 4) is 6.07 Å². The van der Waals surface area contributed by atoms with Crippen molar-refractivity contribution < 1.29 is 0 Å². The van der Waals surface area contributed by atoms with E-state index in [4.69, 9.17) is 5.26 Å². The Morgan fingerprint density at radius 1 is 1.12 bits per heavy atom. The number of benzene rings is 1. The first-order valence-corrected chi connectivity index (χ1v) is 8.16. The molecule has 4 rings (SSSR count). The Morgan fingerprint density at radius 2 is 2.00 bits per heavy atom. The Morgan fingerprint density at radius 3 is 2.83 bits per heavy atom. The van der Waals surface area contributed by atoms with E-state index in [1.54, 1.807) is 0 Å². The van der Waals surface area contributed by atoms with Crippen LogP contribution in [0.3, 0.4) is 0 Å². The highest BCUT2D eigenvalue weighted by Gasteiger charge is 2.16. The van der Waals surface area contributed by atoms with E-state index in [2.05, 4.69) is 52.4 Å². The predicted molar refractivity (Wildman–Crippen MR) is 94.2 cm³/mol. The molecule has 1 aliphatic heterocycles. The molecule has 0 saturated carbocycles. The van der Waals surface area contributed by atoms with Gasteiger partial charge in [0.2, 0.25) is 0 Å². The SMILES string of the molecule is N#Cc1ccc2ncc(CN3CCC=C(c4ccccc4)C3)n2c1. The fourth-order valence-electron chi connectivity index (χ4n) is 3.25. The Balaban J connectivity index is 1.56. The average Bonchev–Trinajstić information content (AvgIpc) is 3.05. The molecule has 0 spiro atoms. The summed E-state index contributed by atoms with van der Waals surface area (Å²) in [6.45, 7) is 2.82. The monoisotopic (exact) mass is 314 g/mol. The molecule has 24 heavy (non-hydrogen) atoms. The van der Waals surface area contributed by atoms with Crippen molar-refractivity contribution in [2.75, 3.05) is 13.1 Å². The standard InChI is InChI=1S/C20H18N4/c21-11-16-8-9-20-22-12-19(24(20)13-16)15-23-10-4-7-18(14-23)17-5-2-1-3-6-17/h1-3,5-9,12-13H,4,10,14-15H2. The number of hydrogen-bond acceptors (Lipinski definition) is 3. The van der Waals surface area contributed by atoms with Gasteiger partial charge in [-0.3, -0.25) is 4.90 Å². The van der Waals surface area contributed by atoms with Gasteiger partial charge in [0.25, 0.3) is 0 Å². The van der Waals surface area contributed by atoms with E-state index >= 15 is 0 Å². The number of fused-ring (bicyclic) bond motifs is 1. The lowest BCUT2D eigenvalue weighted by molar-refractivity contribution is 0.292. The molecule has 4 heteroatoms. The van der Waals surface area contributed by atoms with Crippen molar-refractivity contribution in [1.82, 2.24) is 14.3 Å². The number of aromatic nitrogens is 2. The van der Waals surface area contributed by atoms with E-state index in [1.165, 1.54) is 11.1 Å². The summed E-state index contributed by atoms with van der Waals surface area (Å²) in [6, 6.07) is 16.5. The topological polar surface area (TPSA) is 44.3 Å². The van der Waals surface area contributed by atoms with E-state index in [9.17, 15) is 0 Å². The van der Waals surface area contributed by atoms with Gasteiger partial charge in [-0.1, -0.05) is 36.4 Å². The first-order chi connectivity index (χ1) is 11.8. The smallest absolute Gasteiger partial charge is 0.137 e. The molecular formula is C20H18N4. The van der Waals surface area contributed by atoms with Crippen LogP contribution in [0.15, 0.2) is 60.9 Å². The zero-order valence-corrected chi connectivity index (χ0v) is 13.4. The number of imidazole rings is 1. The largest absolute Gasteiger partial charge is 0.301 e.